The van der Waals surface area contributed by atoms with Gasteiger partial charge in [0.2, 0.25) is 0 Å². The maximum absolute atomic E-state index is 12.7. The van der Waals surface area contributed by atoms with E-state index in [9.17, 15) is 18.0 Å². The number of nitrogens with one attached hydrogen (secondary N) is 1. The molecule has 3 aromatic rings. The molecule has 0 radical (unpaired) electrons. The third-order valence-electron chi connectivity index (χ3n) is 3.70. The van der Waals surface area contributed by atoms with Crippen molar-refractivity contribution in [2.75, 3.05) is 18.5 Å². The zero-order chi connectivity index (χ0) is 19.3. The minimum absolute atomic E-state index is 0.0721. The Labute approximate surface area is 153 Å². The van der Waals surface area contributed by atoms with E-state index in [0.717, 1.165) is 12.1 Å². The number of para-hydroxylation sites is 1. The van der Waals surface area contributed by atoms with Crippen molar-refractivity contribution in [3.8, 4) is 11.4 Å². The first-order valence-corrected chi connectivity index (χ1v) is 8.12. The molecule has 1 heterocycles. The molecule has 5 nitrogen and oxygen atoms in total. The van der Waals surface area contributed by atoms with Gasteiger partial charge in [-0.2, -0.15) is 13.2 Å². The van der Waals surface area contributed by atoms with Gasteiger partial charge in [0.25, 0.3) is 5.56 Å². The Morgan fingerprint density at radius 2 is 1.85 bits per heavy atom. The van der Waals surface area contributed by atoms with Crippen LogP contribution in [0.4, 0.5) is 19.0 Å². The van der Waals surface area contributed by atoms with Crippen molar-refractivity contribution in [1.82, 2.24) is 9.55 Å². The standard InChI is InChI=1S/C19H16F3N3O2/c20-19(21,22)14-5-4-8-16(13-14)27-12-10-24-17-18(26)25(11-9-23-17)15-6-2-1-3-7-15/h1-9,11,13H,10,12H2,(H,23,24). The van der Waals surface area contributed by atoms with Crippen LogP contribution in [0.5, 0.6) is 5.75 Å². The van der Waals surface area contributed by atoms with Gasteiger partial charge < -0.3 is 10.1 Å². The molecule has 1 N–H and O–H groups in total. The van der Waals surface area contributed by atoms with Gasteiger partial charge in [0.05, 0.1) is 12.1 Å². The van der Waals surface area contributed by atoms with Crippen molar-refractivity contribution in [3.63, 3.8) is 0 Å². The fourth-order valence-electron chi connectivity index (χ4n) is 2.43. The average molecular weight is 375 g/mol. The number of rotatable bonds is 6. The van der Waals surface area contributed by atoms with E-state index in [2.05, 4.69) is 10.3 Å². The summed E-state index contributed by atoms with van der Waals surface area (Å²) in [5.41, 5.74) is -0.403. The Hall–Kier alpha value is -3.29. The summed E-state index contributed by atoms with van der Waals surface area (Å²) in [6.07, 6.45) is -1.37. The van der Waals surface area contributed by atoms with Gasteiger partial charge in [-0.1, -0.05) is 24.3 Å². The van der Waals surface area contributed by atoms with Crippen molar-refractivity contribution in [2.24, 2.45) is 0 Å². The summed E-state index contributed by atoms with van der Waals surface area (Å²) in [5.74, 6) is 0.239. The van der Waals surface area contributed by atoms with Crippen molar-refractivity contribution < 1.29 is 17.9 Å². The highest BCUT2D eigenvalue weighted by Gasteiger charge is 2.30. The minimum atomic E-state index is -4.42. The Morgan fingerprint density at radius 3 is 2.59 bits per heavy atom. The lowest BCUT2D eigenvalue weighted by Crippen LogP contribution is -2.25. The number of hydrogen-bond acceptors (Lipinski definition) is 4. The predicted molar refractivity (Wildman–Crippen MR) is 95.3 cm³/mol. The van der Waals surface area contributed by atoms with Crippen LogP contribution in [0.3, 0.4) is 0 Å². The largest absolute Gasteiger partial charge is 0.492 e. The Morgan fingerprint density at radius 1 is 1.07 bits per heavy atom. The van der Waals surface area contributed by atoms with Crippen molar-refractivity contribution in [3.05, 3.63) is 82.9 Å². The number of nitrogens with zero attached hydrogens (tertiary/aromatic N) is 2. The molecule has 1 aromatic heterocycles. The van der Waals surface area contributed by atoms with E-state index in [1.54, 1.807) is 18.3 Å². The number of aromatic nitrogens is 2. The molecule has 2 aromatic carbocycles. The van der Waals surface area contributed by atoms with Crippen LogP contribution in [0, 0.1) is 0 Å². The molecular weight excluding hydrogens is 359 g/mol. The van der Waals surface area contributed by atoms with Crippen LogP contribution in [0.2, 0.25) is 0 Å². The van der Waals surface area contributed by atoms with E-state index in [1.165, 1.54) is 22.9 Å². The molecule has 0 saturated heterocycles. The van der Waals surface area contributed by atoms with E-state index < -0.39 is 11.7 Å². The lowest BCUT2D eigenvalue weighted by molar-refractivity contribution is -0.137. The van der Waals surface area contributed by atoms with Gasteiger partial charge in [-0.05, 0) is 30.3 Å². The lowest BCUT2D eigenvalue weighted by atomic mass is 10.2. The van der Waals surface area contributed by atoms with Gasteiger partial charge in [-0.15, -0.1) is 0 Å². The predicted octanol–water partition coefficient (Wildman–Crippen LogP) is 3.74. The van der Waals surface area contributed by atoms with Gasteiger partial charge in [0, 0.05) is 18.1 Å². The summed E-state index contributed by atoms with van der Waals surface area (Å²) in [5, 5.41) is 2.85. The maximum Gasteiger partial charge on any atom is 0.416 e. The number of anilines is 1. The quantitative estimate of drug-likeness (QED) is 0.667. The van der Waals surface area contributed by atoms with Crippen LogP contribution in [0.1, 0.15) is 5.56 Å². The molecule has 140 valence electrons. The number of ether oxygens (including phenoxy) is 1. The maximum atomic E-state index is 12.7. The molecule has 0 bridgehead atoms. The van der Waals surface area contributed by atoms with Crippen LogP contribution >= 0.6 is 0 Å². The summed E-state index contributed by atoms with van der Waals surface area (Å²) in [7, 11) is 0. The van der Waals surface area contributed by atoms with Crippen LogP contribution in [0.15, 0.2) is 71.8 Å². The third kappa shape index (κ3) is 4.66. The number of benzene rings is 2. The highest BCUT2D eigenvalue weighted by atomic mass is 19.4. The zero-order valence-electron chi connectivity index (χ0n) is 14.1. The summed E-state index contributed by atoms with van der Waals surface area (Å²) in [6.45, 7) is 0.278. The minimum Gasteiger partial charge on any atom is -0.492 e. The molecule has 0 fully saturated rings. The van der Waals surface area contributed by atoms with Crippen LogP contribution < -0.4 is 15.6 Å². The molecule has 0 atom stereocenters. The van der Waals surface area contributed by atoms with E-state index in [1.807, 2.05) is 18.2 Å². The molecule has 0 aliphatic rings. The first-order chi connectivity index (χ1) is 12.9. The molecule has 3 rings (SSSR count). The van der Waals surface area contributed by atoms with Crippen LogP contribution in [0.25, 0.3) is 5.69 Å². The third-order valence-corrected chi connectivity index (χ3v) is 3.70. The molecule has 0 spiro atoms. The van der Waals surface area contributed by atoms with E-state index >= 15 is 0 Å². The van der Waals surface area contributed by atoms with Crippen LogP contribution in [-0.2, 0) is 6.18 Å². The van der Waals surface area contributed by atoms with Crippen molar-refractivity contribution in [2.45, 2.75) is 6.18 Å². The lowest BCUT2D eigenvalue weighted by Gasteiger charge is -2.11. The van der Waals surface area contributed by atoms with Crippen LogP contribution in [-0.4, -0.2) is 22.7 Å². The second-order valence-electron chi connectivity index (χ2n) is 5.59. The first kappa shape index (κ1) is 18.5. The first-order valence-electron chi connectivity index (χ1n) is 8.12. The molecule has 0 aliphatic carbocycles. The van der Waals surface area contributed by atoms with E-state index in [-0.39, 0.29) is 30.3 Å². The average Bonchev–Trinajstić information content (AvgIpc) is 2.67. The Kier molecular flexibility index (Phi) is 5.44. The number of alkyl halides is 3. The molecule has 8 heteroatoms. The van der Waals surface area contributed by atoms with Gasteiger partial charge >= 0.3 is 6.18 Å². The Balaban J connectivity index is 1.61. The topological polar surface area (TPSA) is 56.1 Å². The van der Waals surface area contributed by atoms with E-state index in [0.29, 0.717) is 5.69 Å². The fraction of sp³-hybridized carbons (Fsp3) is 0.158. The number of hydrogen-bond donors (Lipinski definition) is 1. The van der Waals surface area contributed by atoms with E-state index in [4.69, 9.17) is 4.74 Å². The van der Waals surface area contributed by atoms with Crippen molar-refractivity contribution in [1.29, 1.82) is 0 Å². The number of halogens is 3. The van der Waals surface area contributed by atoms with Gasteiger partial charge in [-0.25, -0.2) is 4.98 Å². The SMILES string of the molecule is O=c1c(NCCOc2cccc(C(F)(F)F)c2)nccn1-c1ccccc1. The normalized spacial score (nSPS) is 11.2. The highest BCUT2D eigenvalue weighted by Crippen LogP contribution is 2.31. The molecule has 0 aliphatic heterocycles. The molecule has 27 heavy (non-hydrogen) atoms. The smallest absolute Gasteiger partial charge is 0.416 e. The monoisotopic (exact) mass is 375 g/mol. The van der Waals surface area contributed by atoms with Gasteiger partial charge in [0.15, 0.2) is 5.82 Å². The zero-order valence-corrected chi connectivity index (χ0v) is 14.1. The summed E-state index contributed by atoms with van der Waals surface area (Å²) in [6, 6.07) is 13.7. The second kappa shape index (κ2) is 7.94. The summed E-state index contributed by atoms with van der Waals surface area (Å²) >= 11 is 0. The van der Waals surface area contributed by atoms with Crippen molar-refractivity contribution >= 4 is 5.82 Å². The Bertz CT molecular complexity index is 956. The highest BCUT2D eigenvalue weighted by molar-refractivity contribution is 5.38. The fourth-order valence-corrected chi connectivity index (χ4v) is 2.43. The molecular formula is C19H16F3N3O2. The summed E-state index contributed by atoms with van der Waals surface area (Å²) < 4.78 is 44.8. The molecule has 0 saturated carbocycles. The second-order valence-corrected chi connectivity index (χ2v) is 5.59. The molecule has 0 amide bonds. The molecule has 0 unspecified atom stereocenters. The van der Waals surface area contributed by atoms with Gasteiger partial charge in [-0.3, -0.25) is 9.36 Å². The summed E-state index contributed by atoms with van der Waals surface area (Å²) in [4.78, 5) is 16.5. The van der Waals surface area contributed by atoms with Gasteiger partial charge in [0.1, 0.15) is 12.4 Å².